The number of alkyl halides is 1. The van der Waals surface area contributed by atoms with Crippen LogP contribution in [0.3, 0.4) is 0 Å². The molecule has 1 amide bonds. The van der Waals surface area contributed by atoms with E-state index >= 15 is 0 Å². The molecule has 0 aliphatic heterocycles. The monoisotopic (exact) mass is 325 g/mol. The maximum atomic E-state index is 12.2. The number of aromatic nitrogens is 1. The first kappa shape index (κ1) is 17.2. The Morgan fingerprint density at radius 2 is 2.32 bits per heavy atom. The van der Waals surface area contributed by atoms with E-state index in [0.717, 1.165) is 12.8 Å². The van der Waals surface area contributed by atoms with Crippen LogP contribution in [0.25, 0.3) is 0 Å². The number of hydrogen-bond acceptors (Lipinski definition) is 4. The zero-order chi connectivity index (χ0) is 16.2. The number of carbonyl (C=O) groups is 1. The molecule has 5 nitrogen and oxygen atoms in total. The van der Waals surface area contributed by atoms with Gasteiger partial charge in [0.25, 0.3) is 5.91 Å². The molecule has 2 N–H and O–H groups in total. The Kier molecular flexibility index (Phi) is 5.78. The van der Waals surface area contributed by atoms with Gasteiger partial charge in [0.1, 0.15) is 5.72 Å². The van der Waals surface area contributed by atoms with Crippen LogP contribution in [-0.4, -0.2) is 41.2 Å². The van der Waals surface area contributed by atoms with E-state index in [1.54, 1.807) is 31.6 Å². The van der Waals surface area contributed by atoms with E-state index in [2.05, 4.69) is 29.5 Å². The first-order valence-corrected chi connectivity index (χ1v) is 8.07. The molecule has 0 aromatic carbocycles. The maximum Gasteiger partial charge on any atom is 0.253 e. The average molecular weight is 326 g/mol. The molecule has 1 saturated carbocycles. The number of halogens is 1. The third-order valence-electron chi connectivity index (χ3n) is 4.00. The van der Waals surface area contributed by atoms with Crippen molar-refractivity contribution in [2.75, 3.05) is 7.11 Å². The zero-order valence-corrected chi connectivity index (χ0v) is 14.1. The molecular formula is C16H24ClN3O2. The van der Waals surface area contributed by atoms with E-state index in [-0.39, 0.29) is 17.3 Å². The first-order chi connectivity index (χ1) is 10.5. The number of amides is 1. The van der Waals surface area contributed by atoms with Gasteiger partial charge in [0.2, 0.25) is 0 Å². The molecule has 6 heteroatoms. The number of nitrogens with zero attached hydrogens (tertiary/aromatic N) is 1. The van der Waals surface area contributed by atoms with Crippen molar-refractivity contribution in [3.8, 4) is 0 Å². The van der Waals surface area contributed by atoms with E-state index < -0.39 is 5.72 Å². The molecule has 0 spiro atoms. The second-order valence-electron chi connectivity index (χ2n) is 6.08. The summed E-state index contributed by atoms with van der Waals surface area (Å²) in [5.41, 5.74) is 0.145. The van der Waals surface area contributed by atoms with Crippen LogP contribution in [0, 0.1) is 0 Å². The molecule has 1 aromatic rings. The minimum Gasteiger partial charge on any atom is -0.364 e. The fraction of sp³-hybridized carbons (Fsp3) is 0.625. The molecule has 22 heavy (non-hydrogen) atoms. The van der Waals surface area contributed by atoms with Crippen LogP contribution in [0.4, 0.5) is 0 Å². The smallest absolute Gasteiger partial charge is 0.253 e. The Morgan fingerprint density at radius 3 is 2.86 bits per heavy atom. The van der Waals surface area contributed by atoms with E-state index in [0.29, 0.717) is 18.0 Å². The van der Waals surface area contributed by atoms with Crippen molar-refractivity contribution in [3.63, 3.8) is 0 Å². The quantitative estimate of drug-likeness (QED) is 0.644. The van der Waals surface area contributed by atoms with Gasteiger partial charge in [0.15, 0.2) is 0 Å². The third-order valence-corrected chi connectivity index (χ3v) is 4.46. The topological polar surface area (TPSA) is 63.2 Å². The molecule has 1 aliphatic carbocycles. The van der Waals surface area contributed by atoms with Crippen molar-refractivity contribution in [3.05, 3.63) is 30.1 Å². The van der Waals surface area contributed by atoms with Gasteiger partial charge >= 0.3 is 0 Å². The van der Waals surface area contributed by atoms with Crippen LogP contribution in [0.5, 0.6) is 0 Å². The van der Waals surface area contributed by atoms with Crippen molar-refractivity contribution >= 4 is 17.5 Å². The summed E-state index contributed by atoms with van der Waals surface area (Å²) in [6, 6.07) is 3.74. The maximum absolute atomic E-state index is 12.2. The van der Waals surface area contributed by atoms with Gasteiger partial charge in [-0.05, 0) is 38.8 Å². The highest BCUT2D eigenvalue weighted by atomic mass is 35.5. The van der Waals surface area contributed by atoms with Crippen LogP contribution < -0.4 is 10.6 Å². The molecule has 0 unspecified atom stereocenters. The molecule has 0 radical (unpaired) electrons. The Balaban J connectivity index is 1.97. The molecule has 3 atom stereocenters. The number of methoxy groups -OCH3 is 1. The van der Waals surface area contributed by atoms with Crippen molar-refractivity contribution in [1.29, 1.82) is 0 Å². The summed E-state index contributed by atoms with van der Waals surface area (Å²) >= 11 is 6.51. The molecular weight excluding hydrogens is 302 g/mol. The Labute approximate surface area is 136 Å². The highest BCUT2D eigenvalue weighted by molar-refractivity contribution is 6.21. The van der Waals surface area contributed by atoms with Gasteiger partial charge in [-0.3, -0.25) is 15.1 Å². The summed E-state index contributed by atoms with van der Waals surface area (Å²) in [6.45, 7) is 4.17. The number of rotatable bonds is 5. The van der Waals surface area contributed by atoms with Gasteiger partial charge in [-0.15, -0.1) is 11.6 Å². The average Bonchev–Trinajstić information content (AvgIpc) is 2.50. The van der Waals surface area contributed by atoms with Gasteiger partial charge in [0.05, 0.1) is 10.9 Å². The van der Waals surface area contributed by atoms with Crippen molar-refractivity contribution in [1.82, 2.24) is 15.6 Å². The number of pyridine rings is 1. The third kappa shape index (κ3) is 4.18. The van der Waals surface area contributed by atoms with Gasteiger partial charge in [0, 0.05) is 38.0 Å². The van der Waals surface area contributed by atoms with Crippen molar-refractivity contribution < 1.29 is 9.53 Å². The molecule has 1 fully saturated rings. The Morgan fingerprint density at radius 1 is 1.55 bits per heavy atom. The van der Waals surface area contributed by atoms with Crippen LogP contribution in [0.2, 0.25) is 0 Å². The molecule has 1 aromatic heterocycles. The predicted octanol–water partition coefficient (Wildman–Crippen LogP) is 2.31. The van der Waals surface area contributed by atoms with E-state index in [4.69, 9.17) is 16.3 Å². The van der Waals surface area contributed by atoms with Gasteiger partial charge < -0.3 is 10.1 Å². The predicted molar refractivity (Wildman–Crippen MR) is 87.0 cm³/mol. The molecule has 1 aliphatic rings. The number of ether oxygens (including phenoxy) is 1. The lowest BCUT2D eigenvalue weighted by atomic mass is 9.86. The number of hydrogen-bond donors (Lipinski definition) is 2. The lowest BCUT2D eigenvalue weighted by Crippen LogP contribution is -2.58. The van der Waals surface area contributed by atoms with Gasteiger partial charge in [-0.2, -0.15) is 0 Å². The normalized spacial score (nSPS) is 28.6. The standard InChI is InChI=1S/C16H24ClN3O2/c1-11(2)20-16(22-3)7-6-14(13(17)9-16)19-15(21)12-5-4-8-18-10-12/h4-5,8,10-11,13-14,20H,6-7,9H2,1-3H3,(H,19,21)/t13-,14-,16-/m1/s1. The summed E-state index contributed by atoms with van der Waals surface area (Å²) in [5, 5.41) is 6.28. The van der Waals surface area contributed by atoms with Gasteiger partial charge in [-0.1, -0.05) is 0 Å². The fourth-order valence-corrected chi connectivity index (χ4v) is 3.38. The number of nitrogens with one attached hydrogen (secondary N) is 2. The zero-order valence-electron chi connectivity index (χ0n) is 13.3. The minimum atomic E-state index is -0.407. The summed E-state index contributed by atoms with van der Waals surface area (Å²) in [6.07, 6.45) is 5.44. The van der Waals surface area contributed by atoms with E-state index in [1.165, 1.54) is 0 Å². The second kappa shape index (κ2) is 7.40. The van der Waals surface area contributed by atoms with Gasteiger partial charge in [-0.25, -0.2) is 0 Å². The van der Waals surface area contributed by atoms with Crippen LogP contribution in [0.1, 0.15) is 43.5 Å². The minimum absolute atomic E-state index is 0.0633. The SMILES string of the molecule is CO[C@]1(NC(C)C)CC[C@@H](NC(=O)c2cccnc2)[C@H](Cl)C1. The molecule has 122 valence electrons. The number of carbonyl (C=O) groups excluding carboxylic acids is 1. The lowest BCUT2D eigenvalue weighted by molar-refractivity contribution is -0.0746. The summed E-state index contributed by atoms with van der Waals surface area (Å²) in [4.78, 5) is 16.2. The van der Waals surface area contributed by atoms with Crippen molar-refractivity contribution in [2.45, 2.75) is 56.3 Å². The van der Waals surface area contributed by atoms with Crippen LogP contribution in [0.15, 0.2) is 24.5 Å². The van der Waals surface area contributed by atoms with E-state index in [1.807, 2.05) is 0 Å². The Bertz CT molecular complexity index is 497. The summed E-state index contributed by atoms with van der Waals surface area (Å²) < 4.78 is 5.68. The lowest BCUT2D eigenvalue weighted by Gasteiger charge is -2.43. The van der Waals surface area contributed by atoms with Crippen molar-refractivity contribution in [2.24, 2.45) is 0 Å². The fourth-order valence-electron chi connectivity index (χ4n) is 2.94. The first-order valence-electron chi connectivity index (χ1n) is 7.63. The van der Waals surface area contributed by atoms with Crippen LogP contribution in [-0.2, 0) is 4.74 Å². The summed E-state index contributed by atoms with van der Waals surface area (Å²) in [5.74, 6) is -0.134. The van der Waals surface area contributed by atoms with Crippen LogP contribution >= 0.6 is 11.6 Å². The molecule has 0 bridgehead atoms. The Hall–Kier alpha value is -1.17. The second-order valence-corrected chi connectivity index (χ2v) is 6.64. The highest BCUT2D eigenvalue weighted by Crippen LogP contribution is 2.33. The molecule has 1 heterocycles. The largest absolute Gasteiger partial charge is 0.364 e. The highest BCUT2D eigenvalue weighted by Gasteiger charge is 2.41. The van der Waals surface area contributed by atoms with E-state index in [9.17, 15) is 4.79 Å². The summed E-state index contributed by atoms with van der Waals surface area (Å²) in [7, 11) is 1.70. The molecule has 2 rings (SSSR count). The molecule has 0 saturated heterocycles.